The molecule has 1 saturated heterocycles. The highest BCUT2D eigenvalue weighted by Gasteiger charge is 2.43. The van der Waals surface area contributed by atoms with Gasteiger partial charge in [-0.3, -0.25) is 9.48 Å². The van der Waals surface area contributed by atoms with Crippen LogP contribution in [0.3, 0.4) is 0 Å². The van der Waals surface area contributed by atoms with Crippen molar-refractivity contribution in [3.8, 4) is 17.5 Å². The van der Waals surface area contributed by atoms with E-state index in [2.05, 4.69) is 28.7 Å². The van der Waals surface area contributed by atoms with E-state index in [0.717, 1.165) is 36.1 Å². The summed E-state index contributed by atoms with van der Waals surface area (Å²) in [5.41, 5.74) is 3.22. The number of likely N-dealkylation sites (tertiary alicyclic amines) is 1. The molecule has 0 spiro atoms. The van der Waals surface area contributed by atoms with E-state index < -0.39 is 0 Å². The van der Waals surface area contributed by atoms with Crippen LogP contribution in [-0.2, 0) is 11.3 Å². The SMILES string of the molecule is C[C@@H]1[C@H]2C[C@@H](c3ccccc3NC(=O)CCn3cc(-c4cccc(Cl)c4)nn3)N(C#N)C[C@@H]2CC[C@@H]1O. The lowest BCUT2D eigenvalue weighted by atomic mass is 9.66. The highest BCUT2D eigenvalue weighted by Crippen LogP contribution is 2.47. The minimum Gasteiger partial charge on any atom is -0.393 e. The van der Waals surface area contributed by atoms with Crippen molar-refractivity contribution in [2.45, 2.75) is 51.3 Å². The van der Waals surface area contributed by atoms with Crippen LogP contribution >= 0.6 is 11.6 Å². The number of para-hydroxylation sites is 1. The lowest BCUT2D eigenvalue weighted by Gasteiger charge is -2.48. The van der Waals surface area contributed by atoms with E-state index in [1.54, 1.807) is 16.9 Å². The molecule has 0 radical (unpaired) electrons. The van der Waals surface area contributed by atoms with Crippen LogP contribution in [0, 0.1) is 29.2 Å². The number of aliphatic hydroxyl groups is 1. The summed E-state index contributed by atoms with van der Waals surface area (Å²) in [6, 6.07) is 15.0. The van der Waals surface area contributed by atoms with Gasteiger partial charge in [-0.2, -0.15) is 5.26 Å². The van der Waals surface area contributed by atoms with Gasteiger partial charge in [0.05, 0.1) is 24.9 Å². The summed E-state index contributed by atoms with van der Waals surface area (Å²) < 4.78 is 1.65. The summed E-state index contributed by atoms with van der Waals surface area (Å²) in [7, 11) is 0. The van der Waals surface area contributed by atoms with Gasteiger partial charge in [-0.15, -0.1) is 5.10 Å². The van der Waals surface area contributed by atoms with Gasteiger partial charge in [0, 0.05) is 29.2 Å². The minimum absolute atomic E-state index is 0.133. The quantitative estimate of drug-likeness (QED) is 0.450. The normalized spacial score (nSPS) is 25.2. The molecule has 2 aromatic carbocycles. The van der Waals surface area contributed by atoms with Crippen LogP contribution in [0.15, 0.2) is 54.7 Å². The Bertz CT molecular complexity index is 1300. The third-order valence-corrected chi connectivity index (χ3v) is 8.21. The van der Waals surface area contributed by atoms with Crippen molar-refractivity contribution < 1.29 is 9.90 Å². The van der Waals surface area contributed by atoms with Crippen LogP contribution in [0.4, 0.5) is 5.69 Å². The summed E-state index contributed by atoms with van der Waals surface area (Å²) in [6.45, 7) is 3.19. The average molecular weight is 519 g/mol. The Balaban J connectivity index is 1.26. The molecule has 2 heterocycles. The van der Waals surface area contributed by atoms with Crippen LogP contribution in [0.5, 0.6) is 0 Å². The summed E-state index contributed by atoms with van der Waals surface area (Å²) in [5, 5.41) is 32.4. The van der Waals surface area contributed by atoms with Crippen LogP contribution in [0.2, 0.25) is 5.02 Å². The largest absolute Gasteiger partial charge is 0.393 e. The molecule has 8 nitrogen and oxygen atoms in total. The van der Waals surface area contributed by atoms with Gasteiger partial charge in [-0.1, -0.05) is 54.1 Å². The molecule has 5 atom stereocenters. The number of halogens is 1. The van der Waals surface area contributed by atoms with Gasteiger partial charge in [-0.25, -0.2) is 0 Å². The number of nitriles is 1. The van der Waals surface area contributed by atoms with Crippen LogP contribution < -0.4 is 5.32 Å². The predicted octanol–water partition coefficient (Wildman–Crippen LogP) is 4.88. The standard InChI is InChI=1S/C28H31ClN6O2/c1-18-23-14-26(34(17-30)15-20(23)9-10-27(18)36)22-7-2-3-8-24(22)31-28(37)11-12-35-16-25(32-33-35)19-5-4-6-21(29)13-19/h2-8,13,16,18,20,23,26-27,36H,9-12,14-15H2,1H3,(H,31,37)/t18-,20+,23-,26+,27+/m1/s1. The molecule has 1 aromatic heterocycles. The lowest BCUT2D eigenvalue weighted by molar-refractivity contribution is -0.116. The van der Waals surface area contributed by atoms with E-state index in [-0.39, 0.29) is 30.4 Å². The first-order valence-electron chi connectivity index (χ1n) is 12.8. The van der Waals surface area contributed by atoms with Crippen LogP contribution in [-0.4, -0.2) is 43.6 Å². The fourth-order valence-corrected chi connectivity index (χ4v) is 6.09. The van der Waals surface area contributed by atoms with E-state index in [0.29, 0.717) is 35.6 Å². The number of nitrogens with one attached hydrogen (secondary N) is 1. The fourth-order valence-electron chi connectivity index (χ4n) is 5.90. The Morgan fingerprint density at radius 2 is 2.08 bits per heavy atom. The first-order chi connectivity index (χ1) is 17.9. The molecule has 0 bridgehead atoms. The van der Waals surface area contributed by atoms with Crippen LogP contribution in [0.1, 0.15) is 44.2 Å². The average Bonchev–Trinajstić information content (AvgIpc) is 3.39. The number of hydrogen-bond donors (Lipinski definition) is 2. The van der Waals surface area contributed by atoms with Gasteiger partial charge >= 0.3 is 0 Å². The molecule has 37 heavy (non-hydrogen) atoms. The van der Waals surface area contributed by atoms with Crippen molar-refractivity contribution in [1.82, 2.24) is 19.9 Å². The van der Waals surface area contributed by atoms with E-state index in [1.807, 2.05) is 47.4 Å². The maximum Gasteiger partial charge on any atom is 0.226 e. The number of aromatic nitrogens is 3. The Morgan fingerprint density at radius 3 is 2.89 bits per heavy atom. The molecule has 3 aromatic rings. The highest BCUT2D eigenvalue weighted by molar-refractivity contribution is 6.30. The molecule has 192 valence electrons. The number of piperidine rings is 1. The molecule has 5 rings (SSSR count). The molecule has 0 unspecified atom stereocenters. The zero-order valence-corrected chi connectivity index (χ0v) is 21.6. The highest BCUT2D eigenvalue weighted by atomic mass is 35.5. The Hall–Kier alpha value is -3.41. The number of carbonyl (C=O) groups excluding carboxylic acids is 1. The fraction of sp³-hybridized carbons (Fsp3) is 0.429. The molecule has 2 fully saturated rings. The monoisotopic (exact) mass is 518 g/mol. The number of rotatable bonds is 6. The summed E-state index contributed by atoms with van der Waals surface area (Å²) >= 11 is 6.08. The molecule has 1 saturated carbocycles. The van der Waals surface area contributed by atoms with Crippen LogP contribution in [0.25, 0.3) is 11.3 Å². The second-order valence-corrected chi connectivity index (χ2v) is 10.6. The second kappa shape index (κ2) is 10.9. The zero-order chi connectivity index (χ0) is 25.9. The Kier molecular flexibility index (Phi) is 7.45. The van der Waals surface area contributed by atoms with Gasteiger partial charge in [0.15, 0.2) is 6.19 Å². The Labute approximate surface area is 221 Å². The van der Waals surface area contributed by atoms with Crippen molar-refractivity contribution in [3.63, 3.8) is 0 Å². The van der Waals surface area contributed by atoms with E-state index in [9.17, 15) is 15.2 Å². The maximum absolute atomic E-state index is 12.9. The third-order valence-electron chi connectivity index (χ3n) is 7.97. The van der Waals surface area contributed by atoms with Crippen molar-refractivity contribution in [2.24, 2.45) is 17.8 Å². The number of hydrogen-bond acceptors (Lipinski definition) is 6. The lowest BCUT2D eigenvalue weighted by Crippen LogP contribution is -2.47. The number of fused-ring (bicyclic) bond motifs is 1. The summed E-state index contributed by atoms with van der Waals surface area (Å²) in [6.07, 6.45) is 6.66. The molecule has 1 amide bonds. The minimum atomic E-state index is -0.290. The predicted molar refractivity (Wildman–Crippen MR) is 141 cm³/mol. The summed E-state index contributed by atoms with van der Waals surface area (Å²) in [4.78, 5) is 14.8. The molecular formula is C28H31ClN6O2. The van der Waals surface area contributed by atoms with Gasteiger partial charge in [0.25, 0.3) is 0 Å². The van der Waals surface area contributed by atoms with Gasteiger partial charge in [0.2, 0.25) is 5.91 Å². The topological polar surface area (TPSA) is 107 Å². The van der Waals surface area contributed by atoms with Crippen molar-refractivity contribution >= 4 is 23.2 Å². The molecule has 9 heteroatoms. The maximum atomic E-state index is 12.9. The van der Waals surface area contributed by atoms with Gasteiger partial charge in [-0.05, 0) is 60.8 Å². The van der Waals surface area contributed by atoms with Crippen molar-refractivity contribution in [2.75, 3.05) is 11.9 Å². The van der Waals surface area contributed by atoms with E-state index >= 15 is 0 Å². The smallest absolute Gasteiger partial charge is 0.226 e. The second-order valence-electron chi connectivity index (χ2n) is 10.2. The third kappa shape index (κ3) is 5.48. The zero-order valence-electron chi connectivity index (χ0n) is 20.8. The van der Waals surface area contributed by atoms with E-state index in [1.165, 1.54) is 0 Å². The molecule has 1 aliphatic carbocycles. The number of benzene rings is 2. The number of nitrogens with zero attached hydrogens (tertiary/aromatic N) is 5. The number of amides is 1. The molecule has 1 aliphatic heterocycles. The number of carbonyl (C=O) groups is 1. The first kappa shape index (κ1) is 25.2. The summed E-state index contributed by atoms with van der Waals surface area (Å²) in [5.74, 6) is 0.827. The number of aliphatic hydroxyl groups excluding tert-OH is 1. The van der Waals surface area contributed by atoms with Crippen molar-refractivity contribution in [1.29, 1.82) is 5.26 Å². The molecular weight excluding hydrogens is 488 g/mol. The van der Waals surface area contributed by atoms with Gasteiger partial charge < -0.3 is 15.3 Å². The molecule has 2 aliphatic rings. The van der Waals surface area contributed by atoms with Crippen molar-refractivity contribution in [3.05, 3.63) is 65.3 Å². The number of aryl methyl sites for hydroxylation is 1. The first-order valence-corrected chi connectivity index (χ1v) is 13.2. The van der Waals surface area contributed by atoms with Gasteiger partial charge in [0.1, 0.15) is 5.69 Å². The number of anilines is 1. The molecule has 2 N–H and O–H groups in total. The van der Waals surface area contributed by atoms with E-state index in [4.69, 9.17) is 11.6 Å². The Morgan fingerprint density at radius 1 is 1.24 bits per heavy atom.